The van der Waals surface area contributed by atoms with Gasteiger partial charge in [-0.2, -0.15) is 0 Å². The minimum Gasteiger partial charge on any atom is -0.497 e. The van der Waals surface area contributed by atoms with Gasteiger partial charge in [0.2, 0.25) is 0 Å². The molecule has 2 aromatic rings. The van der Waals surface area contributed by atoms with Gasteiger partial charge >= 0.3 is 0 Å². The summed E-state index contributed by atoms with van der Waals surface area (Å²) in [5.74, 6) is 1.30. The molecule has 1 aliphatic heterocycles. The maximum atomic E-state index is 12.8. The Morgan fingerprint density at radius 2 is 1.97 bits per heavy atom. The first-order valence-corrected chi connectivity index (χ1v) is 9.11. The predicted octanol–water partition coefficient (Wildman–Crippen LogP) is 2.32. The van der Waals surface area contributed by atoms with E-state index < -0.39 is 0 Å². The standard InChI is InChI=1S/C21H24N2O6/c1-26-9-8-23-12-15-10-14(4-7-18(15)29-13-20(23)24)21(25)22-17-6-5-16(27-2)11-19(17)28-3/h4-7,10-11H,8-9,12-13H2,1-3H3,(H,22,25). The van der Waals surface area contributed by atoms with Crippen LogP contribution in [0.2, 0.25) is 0 Å². The fourth-order valence-electron chi connectivity index (χ4n) is 3.01. The van der Waals surface area contributed by atoms with Crippen molar-refractivity contribution in [3.05, 3.63) is 47.5 Å². The number of methoxy groups -OCH3 is 3. The average molecular weight is 400 g/mol. The molecule has 0 fully saturated rings. The lowest BCUT2D eigenvalue weighted by atomic mass is 10.1. The van der Waals surface area contributed by atoms with Crippen molar-refractivity contribution >= 4 is 17.5 Å². The Morgan fingerprint density at radius 3 is 2.69 bits per heavy atom. The zero-order valence-electron chi connectivity index (χ0n) is 16.7. The zero-order chi connectivity index (χ0) is 20.8. The monoisotopic (exact) mass is 400 g/mol. The molecule has 2 aromatic carbocycles. The second kappa shape index (κ2) is 9.29. The molecule has 0 unspecified atom stereocenters. The fraction of sp³-hybridized carbons (Fsp3) is 0.333. The third-order valence-electron chi connectivity index (χ3n) is 4.61. The second-order valence-electron chi connectivity index (χ2n) is 6.44. The van der Waals surface area contributed by atoms with Crippen molar-refractivity contribution < 1.29 is 28.5 Å². The molecule has 0 saturated carbocycles. The summed E-state index contributed by atoms with van der Waals surface area (Å²) in [4.78, 5) is 26.7. The van der Waals surface area contributed by atoms with E-state index in [0.29, 0.717) is 48.2 Å². The lowest BCUT2D eigenvalue weighted by Crippen LogP contribution is -2.34. The van der Waals surface area contributed by atoms with E-state index >= 15 is 0 Å². The van der Waals surface area contributed by atoms with Crippen molar-refractivity contribution in [3.8, 4) is 17.2 Å². The van der Waals surface area contributed by atoms with Crippen LogP contribution in [0.25, 0.3) is 0 Å². The van der Waals surface area contributed by atoms with Gasteiger partial charge in [0.25, 0.3) is 11.8 Å². The maximum Gasteiger partial charge on any atom is 0.260 e. The molecule has 0 saturated heterocycles. The smallest absolute Gasteiger partial charge is 0.260 e. The molecule has 3 rings (SSSR count). The highest BCUT2D eigenvalue weighted by Crippen LogP contribution is 2.30. The van der Waals surface area contributed by atoms with Gasteiger partial charge in [0.15, 0.2) is 6.61 Å². The molecule has 8 nitrogen and oxygen atoms in total. The van der Waals surface area contributed by atoms with E-state index in [9.17, 15) is 9.59 Å². The van der Waals surface area contributed by atoms with Crippen molar-refractivity contribution in [3.63, 3.8) is 0 Å². The van der Waals surface area contributed by atoms with Crippen molar-refractivity contribution in [1.29, 1.82) is 0 Å². The van der Waals surface area contributed by atoms with E-state index in [4.69, 9.17) is 18.9 Å². The van der Waals surface area contributed by atoms with Gasteiger partial charge in [0.05, 0.1) is 26.5 Å². The highest BCUT2D eigenvalue weighted by atomic mass is 16.5. The minimum absolute atomic E-state index is 0.0364. The van der Waals surface area contributed by atoms with Crippen molar-refractivity contribution in [1.82, 2.24) is 4.90 Å². The first-order chi connectivity index (χ1) is 14.0. The van der Waals surface area contributed by atoms with E-state index in [0.717, 1.165) is 5.56 Å². The van der Waals surface area contributed by atoms with Crippen LogP contribution in [0, 0.1) is 0 Å². The Morgan fingerprint density at radius 1 is 1.14 bits per heavy atom. The minimum atomic E-state index is -0.296. The molecule has 29 heavy (non-hydrogen) atoms. The Balaban J connectivity index is 1.80. The van der Waals surface area contributed by atoms with Crippen LogP contribution in [0.3, 0.4) is 0 Å². The van der Waals surface area contributed by atoms with Gasteiger partial charge in [-0.15, -0.1) is 0 Å². The first-order valence-electron chi connectivity index (χ1n) is 9.11. The van der Waals surface area contributed by atoms with Gasteiger partial charge in [-0.3, -0.25) is 9.59 Å². The van der Waals surface area contributed by atoms with Crippen LogP contribution in [-0.2, 0) is 16.1 Å². The zero-order valence-corrected chi connectivity index (χ0v) is 16.7. The van der Waals surface area contributed by atoms with E-state index in [1.54, 1.807) is 55.5 Å². The maximum absolute atomic E-state index is 12.8. The number of anilines is 1. The number of hydrogen-bond donors (Lipinski definition) is 1. The van der Waals surface area contributed by atoms with Crippen LogP contribution in [0.5, 0.6) is 17.2 Å². The van der Waals surface area contributed by atoms with Gasteiger partial charge in [-0.1, -0.05) is 0 Å². The number of rotatable bonds is 7. The molecular weight excluding hydrogens is 376 g/mol. The summed E-state index contributed by atoms with van der Waals surface area (Å²) in [6, 6.07) is 10.3. The molecule has 8 heteroatoms. The molecule has 0 radical (unpaired) electrons. The average Bonchev–Trinajstić information content (AvgIpc) is 2.90. The molecule has 0 aliphatic carbocycles. The summed E-state index contributed by atoms with van der Waals surface area (Å²) in [7, 11) is 4.67. The number of carbonyl (C=O) groups is 2. The second-order valence-corrected chi connectivity index (χ2v) is 6.44. The summed E-state index contributed by atoms with van der Waals surface area (Å²) in [5.41, 5.74) is 1.74. The first kappa shape index (κ1) is 20.5. The van der Waals surface area contributed by atoms with Crippen molar-refractivity contribution in [2.24, 2.45) is 0 Å². The van der Waals surface area contributed by atoms with E-state index in [-0.39, 0.29) is 18.4 Å². The van der Waals surface area contributed by atoms with Crippen LogP contribution in [0.4, 0.5) is 5.69 Å². The van der Waals surface area contributed by atoms with Crippen molar-refractivity contribution in [2.45, 2.75) is 6.54 Å². The highest BCUT2D eigenvalue weighted by molar-refractivity contribution is 6.05. The van der Waals surface area contributed by atoms with E-state index in [1.165, 1.54) is 7.11 Å². The third kappa shape index (κ3) is 4.78. The van der Waals surface area contributed by atoms with Crippen LogP contribution < -0.4 is 19.5 Å². The topological polar surface area (TPSA) is 86.3 Å². The number of nitrogens with zero attached hydrogens (tertiary/aromatic N) is 1. The third-order valence-corrected chi connectivity index (χ3v) is 4.61. The van der Waals surface area contributed by atoms with Crippen molar-refractivity contribution in [2.75, 3.05) is 46.4 Å². The van der Waals surface area contributed by atoms with Gasteiger partial charge in [0.1, 0.15) is 17.2 Å². The lowest BCUT2D eigenvalue weighted by Gasteiger charge is -2.19. The molecule has 0 aromatic heterocycles. The van der Waals surface area contributed by atoms with Gasteiger partial charge < -0.3 is 29.2 Å². The van der Waals surface area contributed by atoms with Gasteiger partial charge in [-0.05, 0) is 30.3 Å². The molecule has 1 N–H and O–H groups in total. The molecule has 1 aliphatic rings. The quantitative estimate of drug-likeness (QED) is 0.768. The Hall–Kier alpha value is -3.26. The largest absolute Gasteiger partial charge is 0.497 e. The number of benzene rings is 2. The number of ether oxygens (including phenoxy) is 4. The normalized spacial score (nSPS) is 13.2. The number of nitrogens with one attached hydrogen (secondary N) is 1. The van der Waals surface area contributed by atoms with E-state index in [2.05, 4.69) is 5.32 Å². The summed E-state index contributed by atoms with van der Waals surface area (Å²) >= 11 is 0. The molecule has 0 bridgehead atoms. The lowest BCUT2D eigenvalue weighted by molar-refractivity contribution is -0.133. The predicted molar refractivity (Wildman–Crippen MR) is 107 cm³/mol. The number of fused-ring (bicyclic) bond motifs is 1. The Kier molecular flexibility index (Phi) is 6.56. The number of carbonyl (C=O) groups excluding carboxylic acids is 2. The van der Waals surface area contributed by atoms with Gasteiger partial charge in [0, 0.05) is 37.4 Å². The van der Waals surface area contributed by atoms with Crippen LogP contribution in [0.1, 0.15) is 15.9 Å². The molecule has 154 valence electrons. The summed E-state index contributed by atoms with van der Waals surface area (Å²) in [6.45, 7) is 1.20. The Bertz CT molecular complexity index is 899. The summed E-state index contributed by atoms with van der Waals surface area (Å²) < 4.78 is 21.2. The van der Waals surface area contributed by atoms with Crippen LogP contribution in [0.15, 0.2) is 36.4 Å². The molecule has 0 spiro atoms. The highest BCUT2D eigenvalue weighted by Gasteiger charge is 2.22. The summed E-state index contributed by atoms with van der Waals surface area (Å²) in [6.07, 6.45) is 0. The van der Waals surface area contributed by atoms with E-state index in [1.807, 2.05) is 0 Å². The van der Waals surface area contributed by atoms with Crippen LogP contribution in [-0.4, -0.2) is 57.8 Å². The number of hydrogen-bond acceptors (Lipinski definition) is 6. The summed E-state index contributed by atoms with van der Waals surface area (Å²) in [5, 5.41) is 2.84. The van der Waals surface area contributed by atoms with Crippen LogP contribution >= 0.6 is 0 Å². The Labute approximate surface area is 169 Å². The SMILES string of the molecule is COCCN1Cc2cc(C(=O)Nc3ccc(OC)cc3OC)ccc2OCC1=O. The van der Waals surface area contributed by atoms with Gasteiger partial charge in [-0.25, -0.2) is 0 Å². The molecular formula is C21H24N2O6. The number of amides is 2. The fourth-order valence-corrected chi connectivity index (χ4v) is 3.01. The molecule has 2 amide bonds. The molecule has 1 heterocycles. The molecule has 0 atom stereocenters.